The molecule has 0 aromatic carbocycles. The minimum Gasteiger partial charge on any atom is -0.481 e. The van der Waals surface area contributed by atoms with Crippen molar-refractivity contribution in [3.8, 4) is 0 Å². The molecule has 1 amide bonds. The maximum Gasteiger partial charge on any atom is 0.303 e. The molecule has 0 radical (unpaired) electrons. The van der Waals surface area contributed by atoms with Crippen molar-refractivity contribution in [1.29, 1.82) is 0 Å². The summed E-state index contributed by atoms with van der Waals surface area (Å²) in [7, 11) is 0. The summed E-state index contributed by atoms with van der Waals surface area (Å²) in [5.41, 5.74) is 0. The third-order valence-corrected chi connectivity index (χ3v) is 3.05. The SMILES string of the molecule is O=C(O)C[C@H]1CCCC(=O)N[C@@H]1c1ccco1. The van der Waals surface area contributed by atoms with Gasteiger partial charge in [0, 0.05) is 6.42 Å². The van der Waals surface area contributed by atoms with E-state index in [0.29, 0.717) is 12.2 Å². The molecule has 0 aliphatic carbocycles. The Labute approximate surface area is 98.8 Å². The zero-order valence-corrected chi connectivity index (χ0v) is 9.39. The standard InChI is InChI=1S/C12H15NO4/c14-10-5-1-3-8(7-11(15)16)12(13-10)9-4-2-6-17-9/h2,4,6,8,12H,1,3,5,7H2,(H,13,14)(H,15,16)/t8-,12+/m1/s1. The second-order valence-electron chi connectivity index (χ2n) is 4.31. The van der Waals surface area contributed by atoms with Gasteiger partial charge in [-0.2, -0.15) is 0 Å². The summed E-state index contributed by atoms with van der Waals surface area (Å²) in [4.78, 5) is 22.4. The number of hydrogen-bond donors (Lipinski definition) is 2. The average molecular weight is 237 g/mol. The Bertz CT molecular complexity index is 399. The highest BCUT2D eigenvalue weighted by molar-refractivity contribution is 5.77. The molecule has 0 bridgehead atoms. The second-order valence-corrected chi connectivity index (χ2v) is 4.31. The Morgan fingerprint density at radius 1 is 1.59 bits per heavy atom. The monoisotopic (exact) mass is 237 g/mol. The van der Waals surface area contributed by atoms with Crippen LogP contribution < -0.4 is 5.32 Å². The van der Waals surface area contributed by atoms with Crippen LogP contribution >= 0.6 is 0 Å². The molecular formula is C12H15NO4. The fraction of sp³-hybridized carbons (Fsp3) is 0.500. The van der Waals surface area contributed by atoms with Gasteiger partial charge < -0.3 is 14.8 Å². The minimum atomic E-state index is -0.845. The first-order valence-corrected chi connectivity index (χ1v) is 5.71. The number of rotatable bonds is 3. The van der Waals surface area contributed by atoms with Crippen LogP contribution in [-0.4, -0.2) is 17.0 Å². The van der Waals surface area contributed by atoms with Crippen molar-refractivity contribution in [1.82, 2.24) is 5.32 Å². The molecule has 1 aromatic heterocycles. The van der Waals surface area contributed by atoms with E-state index >= 15 is 0 Å². The number of carbonyl (C=O) groups excluding carboxylic acids is 1. The number of carbonyl (C=O) groups is 2. The highest BCUT2D eigenvalue weighted by Gasteiger charge is 2.31. The number of furan rings is 1. The second kappa shape index (κ2) is 5.03. The highest BCUT2D eigenvalue weighted by atomic mass is 16.4. The summed E-state index contributed by atoms with van der Waals surface area (Å²) < 4.78 is 5.28. The molecule has 1 saturated heterocycles. The lowest BCUT2D eigenvalue weighted by Crippen LogP contribution is -2.31. The summed E-state index contributed by atoms with van der Waals surface area (Å²) >= 11 is 0. The molecule has 0 spiro atoms. The molecule has 1 fully saturated rings. The number of amides is 1. The summed E-state index contributed by atoms with van der Waals surface area (Å²) in [6.45, 7) is 0. The van der Waals surface area contributed by atoms with Gasteiger partial charge in [0.25, 0.3) is 0 Å². The first kappa shape index (κ1) is 11.7. The van der Waals surface area contributed by atoms with Crippen LogP contribution in [0.1, 0.15) is 37.5 Å². The van der Waals surface area contributed by atoms with Crippen molar-refractivity contribution >= 4 is 11.9 Å². The number of nitrogens with one attached hydrogen (secondary N) is 1. The molecule has 1 aliphatic heterocycles. The lowest BCUT2D eigenvalue weighted by Gasteiger charge is -2.22. The predicted molar refractivity (Wildman–Crippen MR) is 59.2 cm³/mol. The van der Waals surface area contributed by atoms with E-state index in [9.17, 15) is 9.59 Å². The van der Waals surface area contributed by atoms with Crippen molar-refractivity contribution in [2.75, 3.05) is 0 Å². The summed E-state index contributed by atoms with van der Waals surface area (Å²) in [6, 6.07) is 3.19. The van der Waals surface area contributed by atoms with Crippen LogP contribution in [-0.2, 0) is 9.59 Å². The normalized spacial score (nSPS) is 25.1. The maximum atomic E-state index is 11.5. The van der Waals surface area contributed by atoms with Crippen LogP contribution in [0.15, 0.2) is 22.8 Å². The Hall–Kier alpha value is -1.78. The molecule has 0 unspecified atom stereocenters. The van der Waals surface area contributed by atoms with Gasteiger partial charge in [0.15, 0.2) is 0 Å². The van der Waals surface area contributed by atoms with Gasteiger partial charge in [-0.05, 0) is 30.9 Å². The molecule has 17 heavy (non-hydrogen) atoms. The van der Waals surface area contributed by atoms with E-state index in [4.69, 9.17) is 9.52 Å². The molecular weight excluding hydrogens is 222 g/mol. The van der Waals surface area contributed by atoms with Gasteiger partial charge in [0.05, 0.1) is 18.7 Å². The quantitative estimate of drug-likeness (QED) is 0.838. The van der Waals surface area contributed by atoms with Crippen LogP contribution in [0, 0.1) is 5.92 Å². The predicted octanol–water partition coefficient (Wildman–Crippen LogP) is 1.71. The Morgan fingerprint density at radius 2 is 2.41 bits per heavy atom. The molecule has 0 saturated carbocycles. The van der Waals surface area contributed by atoms with Gasteiger partial charge in [0.2, 0.25) is 5.91 Å². The minimum absolute atomic E-state index is 0.0423. The number of aliphatic carboxylic acids is 1. The summed E-state index contributed by atoms with van der Waals surface area (Å²) in [6.07, 6.45) is 3.47. The van der Waals surface area contributed by atoms with Gasteiger partial charge in [0.1, 0.15) is 5.76 Å². The van der Waals surface area contributed by atoms with E-state index in [1.807, 2.05) is 0 Å². The summed E-state index contributed by atoms with van der Waals surface area (Å²) in [5, 5.41) is 11.7. The number of carboxylic acids is 1. The fourth-order valence-electron chi connectivity index (χ4n) is 2.27. The smallest absolute Gasteiger partial charge is 0.303 e. The molecule has 2 N–H and O–H groups in total. The van der Waals surface area contributed by atoms with Crippen LogP contribution in [0.3, 0.4) is 0 Å². The maximum absolute atomic E-state index is 11.5. The Morgan fingerprint density at radius 3 is 3.06 bits per heavy atom. The molecule has 92 valence electrons. The van der Waals surface area contributed by atoms with E-state index < -0.39 is 5.97 Å². The van der Waals surface area contributed by atoms with Crippen molar-refractivity contribution in [2.45, 2.75) is 31.7 Å². The first-order chi connectivity index (χ1) is 8.16. The van der Waals surface area contributed by atoms with Gasteiger partial charge >= 0.3 is 5.97 Å². The van der Waals surface area contributed by atoms with Gasteiger partial charge in [-0.1, -0.05) is 0 Å². The molecule has 1 aromatic rings. The van der Waals surface area contributed by atoms with E-state index in [2.05, 4.69) is 5.32 Å². The van der Waals surface area contributed by atoms with E-state index in [-0.39, 0.29) is 24.3 Å². The van der Waals surface area contributed by atoms with Crippen molar-refractivity contribution in [2.24, 2.45) is 5.92 Å². The average Bonchev–Trinajstić information content (AvgIpc) is 2.71. The molecule has 5 nitrogen and oxygen atoms in total. The van der Waals surface area contributed by atoms with Crippen molar-refractivity contribution < 1.29 is 19.1 Å². The zero-order chi connectivity index (χ0) is 12.3. The molecule has 5 heteroatoms. The number of hydrogen-bond acceptors (Lipinski definition) is 3. The molecule has 1 aliphatic rings. The molecule has 2 rings (SSSR count). The molecule has 2 atom stereocenters. The Balaban J connectivity index is 2.20. The third kappa shape index (κ3) is 2.87. The van der Waals surface area contributed by atoms with E-state index in [1.54, 1.807) is 12.1 Å². The van der Waals surface area contributed by atoms with E-state index in [1.165, 1.54) is 6.26 Å². The zero-order valence-electron chi connectivity index (χ0n) is 9.39. The summed E-state index contributed by atoms with van der Waals surface area (Å²) in [5.74, 6) is -0.362. The number of carboxylic acid groups (broad SMARTS) is 1. The van der Waals surface area contributed by atoms with E-state index in [0.717, 1.165) is 12.8 Å². The topological polar surface area (TPSA) is 79.5 Å². The fourth-order valence-corrected chi connectivity index (χ4v) is 2.27. The highest BCUT2D eigenvalue weighted by Crippen LogP contribution is 2.31. The third-order valence-electron chi connectivity index (χ3n) is 3.05. The van der Waals surface area contributed by atoms with Crippen LogP contribution in [0.5, 0.6) is 0 Å². The lowest BCUT2D eigenvalue weighted by molar-refractivity contribution is -0.138. The first-order valence-electron chi connectivity index (χ1n) is 5.71. The lowest BCUT2D eigenvalue weighted by atomic mass is 9.90. The van der Waals surface area contributed by atoms with Crippen LogP contribution in [0.25, 0.3) is 0 Å². The van der Waals surface area contributed by atoms with Crippen LogP contribution in [0.4, 0.5) is 0 Å². The van der Waals surface area contributed by atoms with Crippen molar-refractivity contribution in [3.05, 3.63) is 24.2 Å². The largest absolute Gasteiger partial charge is 0.481 e. The van der Waals surface area contributed by atoms with Crippen molar-refractivity contribution in [3.63, 3.8) is 0 Å². The van der Waals surface area contributed by atoms with Crippen LogP contribution in [0.2, 0.25) is 0 Å². The van der Waals surface area contributed by atoms with Gasteiger partial charge in [-0.25, -0.2) is 0 Å². The van der Waals surface area contributed by atoms with Gasteiger partial charge in [-0.3, -0.25) is 9.59 Å². The Kier molecular flexibility index (Phi) is 3.46. The molecule has 2 heterocycles. The van der Waals surface area contributed by atoms with Gasteiger partial charge in [-0.15, -0.1) is 0 Å².